The molecule has 1 aliphatic carbocycles. The summed E-state index contributed by atoms with van der Waals surface area (Å²) in [7, 11) is 0. The Hall–Kier alpha value is -0.300. The zero-order valence-electron chi connectivity index (χ0n) is 7.29. The summed E-state index contributed by atoms with van der Waals surface area (Å²) in [6.45, 7) is 2.14. The van der Waals surface area contributed by atoms with Crippen LogP contribution in [0.4, 0.5) is 0 Å². The van der Waals surface area contributed by atoms with Crippen LogP contribution in [0.3, 0.4) is 0 Å². The van der Waals surface area contributed by atoms with Crippen LogP contribution in [0.2, 0.25) is 0 Å². The third-order valence-corrected chi connectivity index (χ3v) is 2.46. The molecule has 0 aliphatic heterocycles. The minimum Gasteiger partial charge on any atom is -0.393 e. The molecule has 0 aromatic rings. The Labute approximate surface area is 69.1 Å². The standard InChI is InChI=1S/C10H18O/c1-2-3-4-6-9-7-5-8-10(9)11/h3-4,9-11H,2,5-8H2,1H3/b4-3-. The molecule has 1 N–H and O–H groups in total. The largest absolute Gasteiger partial charge is 0.393 e. The smallest absolute Gasteiger partial charge is 0.0571 e. The first-order chi connectivity index (χ1) is 5.34. The lowest BCUT2D eigenvalue weighted by atomic mass is 10.0. The van der Waals surface area contributed by atoms with Gasteiger partial charge in [-0.05, 0) is 31.6 Å². The van der Waals surface area contributed by atoms with Crippen molar-refractivity contribution in [1.82, 2.24) is 0 Å². The van der Waals surface area contributed by atoms with Gasteiger partial charge in [0.1, 0.15) is 0 Å². The molecule has 1 heteroatoms. The maximum atomic E-state index is 9.45. The van der Waals surface area contributed by atoms with Crippen LogP contribution in [0.25, 0.3) is 0 Å². The van der Waals surface area contributed by atoms with Crippen LogP contribution in [0.15, 0.2) is 12.2 Å². The van der Waals surface area contributed by atoms with E-state index in [1.54, 1.807) is 0 Å². The van der Waals surface area contributed by atoms with Crippen LogP contribution < -0.4 is 0 Å². The molecule has 2 unspecified atom stereocenters. The summed E-state index contributed by atoms with van der Waals surface area (Å²) in [6.07, 6.45) is 10.0. The maximum Gasteiger partial charge on any atom is 0.0571 e. The first-order valence-corrected chi connectivity index (χ1v) is 4.67. The van der Waals surface area contributed by atoms with Gasteiger partial charge >= 0.3 is 0 Å². The predicted molar refractivity (Wildman–Crippen MR) is 47.4 cm³/mol. The average molecular weight is 154 g/mol. The lowest BCUT2D eigenvalue weighted by Crippen LogP contribution is -2.11. The van der Waals surface area contributed by atoms with E-state index < -0.39 is 0 Å². The Balaban J connectivity index is 2.20. The molecule has 0 spiro atoms. The second kappa shape index (κ2) is 4.55. The van der Waals surface area contributed by atoms with Gasteiger partial charge < -0.3 is 5.11 Å². The molecule has 1 saturated carbocycles. The van der Waals surface area contributed by atoms with Crippen molar-refractivity contribution in [3.63, 3.8) is 0 Å². The number of aliphatic hydroxyl groups is 1. The van der Waals surface area contributed by atoms with E-state index in [0.29, 0.717) is 5.92 Å². The quantitative estimate of drug-likeness (QED) is 0.619. The van der Waals surface area contributed by atoms with Gasteiger partial charge in [0.15, 0.2) is 0 Å². The van der Waals surface area contributed by atoms with Crippen LogP contribution in [0.5, 0.6) is 0 Å². The highest BCUT2D eigenvalue weighted by molar-refractivity contribution is 4.87. The Bertz CT molecular complexity index is 129. The summed E-state index contributed by atoms with van der Waals surface area (Å²) in [6, 6.07) is 0. The number of hydrogen-bond acceptors (Lipinski definition) is 1. The normalized spacial score (nSPS) is 31.8. The third kappa shape index (κ3) is 2.66. The average Bonchev–Trinajstić information content (AvgIpc) is 2.37. The fourth-order valence-corrected chi connectivity index (χ4v) is 1.73. The van der Waals surface area contributed by atoms with Crippen LogP contribution in [0, 0.1) is 5.92 Å². The van der Waals surface area contributed by atoms with Gasteiger partial charge in [-0.3, -0.25) is 0 Å². The van der Waals surface area contributed by atoms with E-state index in [1.165, 1.54) is 12.8 Å². The fraction of sp³-hybridized carbons (Fsp3) is 0.800. The molecular weight excluding hydrogens is 136 g/mol. The van der Waals surface area contributed by atoms with Crippen molar-refractivity contribution in [3.8, 4) is 0 Å². The number of rotatable bonds is 3. The maximum absolute atomic E-state index is 9.45. The zero-order chi connectivity index (χ0) is 8.10. The van der Waals surface area contributed by atoms with Gasteiger partial charge in [0, 0.05) is 0 Å². The van der Waals surface area contributed by atoms with Crippen LogP contribution >= 0.6 is 0 Å². The second-order valence-corrected chi connectivity index (χ2v) is 3.37. The van der Waals surface area contributed by atoms with Gasteiger partial charge in [-0.15, -0.1) is 0 Å². The van der Waals surface area contributed by atoms with E-state index in [1.807, 2.05) is 0 Å². The molecule has 1 fully saturated rings. The van der Waals surface area contributed by atoms with Gasteiger partial charge in [0.25, 0.3) is 0 Å². The molecule has 1 aliphatic rings. The van der Waals surface area contributed by atoms with Crippen LogP contribution in [0.1, 0.15) is 39.0 Å². The van der Waals surface area contributed by atoms with Crippen molar-refractivity contribution in [2.45, 2.75) is 45.1 Å². The Morgan fingerprint density at radius 3 is 2.73 bits per heavy atom. The van der Waals surface area contributed by atoms with E-state index in [4.69, 9.17) is 0 Å². The first kappa shape index (κ1) is 8.79. The summed E-state index contributed by atoms with van der Waals surface area (Å²) >= 11 is 0. The summed E-state index contributed by atoms with van der Waals surface area (Å²) in [5, 5.41) is 9.45. The summed E-state index contributed by atoms with van der Waals surface area (Å²) in [5.41, 5.74) is 0. The molecule has 1 rings (SSSR count). The van der Waals surface area contributed by atoms with E-state index in [2.05, 4.69) is 19.1 Å². The van der Waals surface area contributed by atoms with Crippen LogP contribution in [-0.4, -0.2) is 11.2 Å². The molecule has 0 saturated heterocycles. The highest BCUT2D eigenvalue weighted by Crippen LogP contribution is 2.28. The Morgan fingerprint density at radius 2 is 2.18 bits per heavy atom. The van der Waals surface area contributed by atoms with Crippen molar-refractivity contribution in [3.05, 3.63) is 12.2 Å². The highest BCUT2D eigenvalue weighted by Gasteiger charge is 2.23. The molecular formula is C10H18O. The Kier molecular flexibility index (Phi) is 3.64. The van der Waals surface area contributed by atoms with Crippen LogP contribution in [-0.2, 0) is 0 Å². The highest BCUT2D eigenvalue weighted by atomic mass is 16.3. The van der Waals surface area contributed by atoms with E-state index >= 15 is 0 Å². The minimum atomic E-state index is -0.0171. The van der Waals surface area contributed by atoms with Gasteiger partial charge in [0.2, 0.25) is 0 Å². The summed E-state index contributed by atoms with van der Waals surface area (Å²) in [4.78, 5) is 0. The first-order valence-electron chi connectivity index (χ1n) is 4.67. The van der Waals surface area contributed by atoms with Crippen molar-refractivity contribution < 1.29 is 5.11 Å². The Morgan fingerprint density at radius 1 is 1.36 bits per heavy atom. The molecule has 0 heterocycles. The molecule has 0 aromatic carbocycles. The monoisotopic (exact) mass is 154 g/mol. The van der Waals surface area contributed by atoms with Gasteiger partial charge in [-0.1, -0.05) is 25.5 Å². The molecule has 0 bridgehead atoms. The van der Waals surface area contributed by atoms with Gasteiger partial charge in [0.05, 0.1) is 6.10 Å². The van der Waals surface area contributed by atoms with E-state index in [0.717, 1.165) is 19.3 Å². The van der Waals surface area contributed by atoms with Gasteiger partial charge in [-0.25, -0.2) is 0 Å². The lowest BCUT2D eigenvalue weighted by Gasteiger charge is -2.10. The molecule has 2 atom stereocenters. The number of hydrogen-bond donors (Lipinski definition) is 1. The summed E-state index contributed by atoms with van der Waals surface area (Å²) < 4.78 is 0. The molecule has 0 amide bonds. The number of aliphatic hydroxyl groups excluding tert-OH is 1. The third-order valence-electron chi connectivity index (χ3n) is 2.46. The zero-order valence-corrected chi connectivity index (χ0v) is 7.29. The molecule has 0 aromatic heterocycles. The lowest BCUT2D eigenvalue weighted by molar-refractivity contribution is 0.134. The van der Waals surface area contributed by atoms with Gasteiger partial charge in [-0.2, -0.15) is 0 Å². The minimum absolute atomic E-state index is 0.0171. The second-order valence-electron chi connectivity index (χ2n) is 3.37. The molecule has 1 nitrogen and oxygen atoms in total. The predicted octanol–water partition coefficient (Wildman–Crippen LogP) is 2.50. The SMILES string of the molecule is CC/C=C\CC1CCCC1O. The summed E-state index contributed by atoms with van der Waals surface area (Å²) in [5.74, 6) is 0.554. The topological polar surface area (TPSA) is 20.2 Å². The van der Waals surface area contributed by atoms with Crippen molar-refractivity contribution >= 4 is 0 Å². The van der Waals surface area contributed by atoms with Crippen molar-refractivity contribution in [2.75, 3.05) is 0 Å². The molecule has 64 valence electrons. The molecule has 11 heavy (non-hydrogen) atoms. The van der Waals surface area contributed by atoms with E-state index in [-0.39, 0.29) is 6.10 Å². The fourth-order valence-electron chi connectivity index (χ4n) is 1.73. The molecule has 0 radical (unpaired) electrons. The van der Waals surface area contributed by atoms with Crippen molar-refractivity contribution in [1.29, 1.82) is 0 Å². The van der Waals surface area contributed by atoms with E-state index in [9.17, 15) is 5.11 Å². The van der Waals surface area contributed by atoms with Crippen molar-refractivity contribution in [2.24, 2.45) is 5.92 Å². The number of allylic oxidation sites excluding steroid dienone is 2.